The molecule has 32 heavy (non-hydrogen) atoms. The number of rotatable bonds is 6. The SMILES string of the molecule is COc1ccc(/C=C(/C(=O)Nc2ccccc2C(=O)N2CCCC2)c2ccccc2)cc1. The zero-order valence-electron chi connectivity index (χ0n) is 18.1. The van der Waals surface area contributed by atoms with Crippen LogP contribution >= 0.6 is 0 Å². The Hall–Kier alpha value is -3.86. The van der Waals surface area contributed by atoms with Crippen LogP contribution in [0.1, 0.15) is 34.3 Å². The van der Waals surface area contributed by atoms with Gasteiger partial charge in [0.1, 0.15) is 5.75 Å². The highest BCUT2D eigenvalue weighted by Gasteiger charge is 2.23. The van der Waals surface area contributed by atoms with E-state index in [2.05, 4.69) is 5.32 Å². The summed E-state index contributed by atoms with van der Waals surface area (Å²) in [4.78, 5) is 28.2. The number of methoxy groups -OCH3 is 1. The summed E-state index contributed by atoms with van der Waals surface area (Å²) in [5.74, 6) is 0.440. The summed E-state index contributed by atoms with van der Waals surface area (Å²) in [6.07, 6.45) is 3.88. The Morgan fingerprint density at radius 3 is 2.22 bits per heavy atom. The Bertz CT molecular complexity index is 1120. The summed E-state index contributed by atoms with van der Waals surface area (Å²) >= 11 is 0. The number of likely N-dealkylation sites (tertiary alicyclic amines) is 1. The molecule has 0 aromatic heterocycles. The molecule has 0 radical (unpaired) electrons. The fourth-order valence-electron chi connectivity index (χ4n) is 3.82. The van der Waals surface area contributed by atoms with E-state index in [1.165, 1.54) is 0 Å². The van der Waals surface area contributed by atoms with Crippen molar-refractivity contribution in [1.82, 2.24) is 4.90 Å². The first-order chi connectivity index (χ1) is 15.7. The summed E-state index contributed by atoms with van der Waals surface area (Å²) in [6.45, 7) is 1.52. The van der Waals surface area contributed by atoms with Gasteiger partial charge in [0.15, 0.2) is 0 Å². The zero-order valence-corrected chi connectivity index (χ0v) is 18.1. The first-order valence-electron chi connectivity index (χ1n) is 10.8. The van der Waals surface area contributed by atoms with Crippen LogP contribution in [-0.2, 0) is 4.79 Å². The van der Waals surface area contributed by atoms with Gasteiger partial charge in [0.2, 0.25) is 0 Å². The highest BCUT2D eigenvalue weighted by molar-refractivity contribution is 6.29. The number of nitrogens with one attached hydrogen (secondary N) is 1. The average Bonchev–Trinajstić information content (AvgIpc) is 3.38. The topological polar surface area (TPSA) is 58.6 Å². The lowest BCUT2D eigenvalue weighted by Gasteiger charge is -2.18. The van der Waals surface area contributed by atoms with E-state index < -0.39 is 0 Å². The monoisotopic (exact) mass is 426 g/mol. The Kier molecular flexibility index (Phi) is 6.66. The maximum atomic E-state index is 13.4. The van der Waals surface area contributed by atoms with E-state index in [4.69, 9.17) is 4.74 Å². The van der Waals surface area contributed by atoms with Crippen molar-refractivity contribution in [3.8, 4) is 5.75 Å². The van der Waals surface area contributed by atoms with Crippen LogP contribution < -0.4 is 10.1 Å². The molecule has 0 bridgehead atoms. The number of hydrogen-bond acceptors (Lipinski definition) is 3. The fraction of sp³-hybridized carbons (Fsp3) is 0.185. The van der Waals surface area contributed by atoms with E-state index in [1.807, 2.05) is 77.7 Å². The van der Waals surface area contributed by atoms with Crippen molar-refractivity contribution >= 4 is 29.2 Å². The molecule has 1 fully saturated rings. The molecule has 0 spiro atoms. The second-order valence-electron chi connectivity index (χ2n) is 7.70. The van der Waals surface area contributed by atoms with Crippen molar-refractivity contribution in [1.29, 1.82) is 0 Å². The molecule has 5 heteroatoms. The van der Waals surface area contributed by atoms with Gasteiger partial charge in [0, 0.05) is 18.7 Å². The summed E-state index contributed by atoms with van der Waals surface area (Å²) in [7, 11) is 1.62. The molecule has 0 atom stereocenters. The number of benzene rings is 3. The average molecular weight is 427 g/mol. The standard InChI is InChI=1S/C27H26N2O3/c1-32-22-15-13-20(14-16-22)19-24(21-9-3-2-4-10-21)26(30)28-25-12-6-5-11-23(25)27(31)29-17-7-8-18-29/h2-6,9-16,19H,7-8,17-18H2,1H3,(H,28,30)/b24-19+. The molecular weight excluding hydrogens is 400 g/mol. The highest BCUT2D eigenvalue weighted by atomic mass is 16.5. The van der Waals surface area contributed by atoms with E-state index in [0.717, 1.165) is 42.8 Å². The second kappa shape index (κ2) is 9.96. The molecule has 0 aliphatic carbocycles. The molecule has 4 rings (SSSR count). The van der Waals surface area contributed by atoms with Crippen LogP contribution in [0.25, 0.3) is 11.6 Å². The van der Waals surface area contributed by atoms with Gasteiger partial charge in [-0.3, -0.25) is 9.59 Å². The van der Waals surface area contributed by atoms with E-state index in [1.54, 1.807) is 19.2 Å². The van der Waals surface area contributed by atoms with Gasteiger partial charge in [-0.1, -0.05) is 54.6 Å². The van der Waals surface area contributed by atoms with Crippen molar-refractivity contribution < 1.29 is 14.3 Å². The minimum Gasteiger partial charge on any atom is -0.497 e. The van der Waals surface area contributed by atoms with E-state index >= 15 is 0 Å². The summed E-state index contributed by atoms with van der Waals surface area (Å²) in [5, 5.41) is 2.98. The first-order valence-corrected chi connectivity index (χ1v) is 10.8. The van der Waals surface area contributed by atoms with Crippen LogP contribution in [0.3, 0.4) is 0 Å². The molecule has 2 amide bonds. The highest BCUT2D eigenvalue weighted by Crippen LogP contribution is 2.25. The lowest BCUT2D eigenvalue weighted by Crippen LogP contribution is -2.28. The van der Waals surface area contributed by atoms with Crippen molar-refractivity contribution in [2.75, 3.05) is 25.5 Å². The minimum atomic E-state index is -0.270. The van der Waals surface area contributed by atoms with Crippen molar-refractivity contribution in [2.24, 2.45) is 0 Å². The minimum absolute atomic E-state index is 0.0428. The number of carbonyl (C=O) groups is 2. The Morgan fingerprint density at radius 2 is 1.53 bits per heavy atom. The van der Waals surface area contributed by atoms with Crippen LogP contribution in [-0.4, -0.2) is 36.9 Å². The third-order valence-corrected chi connectivity index (χ3v) is 5.56. The molecule has 1 aliphatic heterocycles. The van der Waals surface area contributed by atoms with Gasteiger partial charge in [0.25, 0.3) is 11.8 Å². The van der Waals surface area contributed by atoms with Gasteiger partial charge in [-0.2, -0.15) is 0 Å². The quantitative estimate of drug-likeness (QED) is 0.440. The van der Waals surface area contributed by atoms with Crippen molar-refractivity contribution in [3.05, 3.63) is 95.6 Å². The van der Waals surface area contributed by atoms with Gasteiger partial charge < -0.3 is 15.0 Å². The third kappa shape index (κ3) is 4.89. The number of anilines is 1. The van der Waals surface area contributed by atoms with Gasteiger partial charge in [-0.25, -0.2) is 0 Å². The molecule has 0 unspecified atom stereocenters. The van der Waals surface area contributed by atoms with E-state index in [9.17, 15) is 9.59 Å². The smallest absolute Gasteiger partial charge is 0.256 e. The van der Waals surface area contributed by atoms with E-state index in [0.29, 0.717) is 16.8 Å². The Morgan fingerprint density at radius 1 is 0.875 bits per heavy atom. The summed E-state index contributed by atoms with van der Waals surface area (Å²) in [5.41, 5.74) is 3.22. The first kappa shape index (κ1) is 21.4. The molecule has 0 saturated carbocycles. The number of amides is 2. The molecule has 3 aromatic carbocycles. The lowest BCUT2D eigenvalue weighted by atomic mass is 10.0. The molecule has 3 aromatic rings. The number of ether oxygens (including phenoxy) is 1. The molecule has 162 valence electrons. The van der Waals surface area contributed by atoms with Crippen molar-refractivity contribution in [2.45, 2.75) is 12.8 Å². The fourth-order valence-corrected chi connectivity index (χ4v) is 3.82. The molecule has 1 heterocycles. The van der Waals surface area contributed by atoms with Gasteiger partial charge >= 0.3 is 0 Å². The third-order valence-electron chi connectivity index (χ3n) is 5.56. The number of hydrogen-bond donors (Lipinski definition) is 1. The van der Waals surface area contributed by atoms with Crippen LogP contribution in [0.5, 0.6) is 5.75 Å². The van der Waals surface area contributed by atoms with Crippen LogP contribution in [0, 0.1) is 0 Å². The lowest BCUT2D eigenvalue weighted by molar-refractivity contribution is -0.111. The van der Waals surface area contributed by atoms with Crippen molar-refractivity contribution in [3.63, 3.8) is 0 Å². The van der Waals surface area contributed by atoms with Gasteiger partial charge in [-0.15, -0.1) is 0 Å². The van der Waals surface area contributed by atoms with Gasteiger partial charge in [-0.05, 0) is 54.3 Å². The molecule has 5 nitrogen and oxygen atoms in total. The normalized spacial score (nSPS) is 13.7. The predicted octanol–water partition coefficient (Wildman–Crippen LogP) is 5.11. The van der Waals surface area contributed by atoms with Crippen LogP contribution in [0.2, 0.25) is 0 Å². The maximum Gasteiger partial charge on any atom is 0.256 e. The second-order valence-corrected chi connectivity index (χ2v) is 7.70. The molecular formula is C27H26N2O3. The predicted molar refractivity (Wildman–Crippen MR) is 128 cm³/mol. The molecule has 1 N–H and O–H groups in total. The van der Waals surface area contributed by atoms with E-state index in [-0.39, 0.29) is 11.8 Å². The molecule has 1 aliphatic rings. The maximum absolute atomic E-state index is 13.4. The number of nitrogens with zero attached hydrogens (tertiary/aromatic N) is 1. The van der Waals surface area contributed by atoms with Crippen LogP contribution in [0.4, 0.5) is 5.69 Å². The Labute approximate surface area is 188 Å². The zero-order chi connectivity index (χ0) is 22.3. The molecule has 1 saturated heterocycles. The number of para-hydroxylation sites is 1. The summed E-state index contributed by atoms with van der Waals surface area (Å²) < 4.78 is 5.23. The largest absolute Gasteiger partial charge is 0.497 e. The van der Waals surface area contributed by atoms with Gasteiger partial charge in [0.05, 0.1) is 18.4 Å². The van der Waals surface area contributed by atoms with Crippen LogP contribution in [0.15, 0.2) is 78.9 Å². The Balaban J connectivity index is 1.65. The summed E-state index contributed by atoms with van der Waals surface area (Å²) in [6, 6.07) is 24.2. The number of carbonyl (C=O) groups excluding carboxylic acids is 2.